The van der Waals surface area contributed by atoms with Crippen molar-refractivity contribution < 1.29 is 14.3 Å². The van der Waals surface area contributed by atoms with E-state index in [1.54, 1.807) is 19.4 Å². The monoisotopic (exact) mass is 379 g/mol. The van der Waals surface area contributed by atoms with Crippen LogP contribution in [0.5, 0.6) is 11.5 Å². The van der Waals surface area contributed by atoms with Crippen LogP contribution in [0.15, 0.2) is 60.9 Å². The number of rotatable bonds is 8. The summed E-state index contributed by atoms with van der Waals surface area (Å²) in [6.45, 7) is 4.28. The molecule has 6 heteroatoms. The molecule has 0 fully saturated rings. The van der Waals surface area contributed by atoms with Crippen LogP contribution in [0.3, 0.4) is 0 Å². The Bertz CT molecular complexity index is 936. The number of benzene rings is 2. The third kappa shape index (κ3) is 4.52. The maximum atomic E-state index is 12.7. The first kappa shape index (κ1) is 19.5. The molecule has 3 aromatic rings. The van der Waals surface area contributed by atoms with E-state index in [9.17, 15) is 4.79 Å². The first-order valence-electron chi connectivity index (χ1n) is 9.29. The van der Waals surface area contributed by atoms with Gasteiger partial charge in [-0.3, -0.25) is 4.79 Å². The number of hydrogen-bond donors (Lipinski definition) is 1. The van der Waals surface area contributed by atoms with Crippen LogP contribution in [0.2, 0.25) is 0 Å². The van der Waals surface area contributed by atoms with E-state index in [2.05, 4.69) is 10.3 Å². The molecule has 0 spiro atoms. The predicted octanol–water partition coefficient (Wildman–Crippen LogP) is 3.66. The fourth-order valence-corrected chi connectivity index (χ4v) is 2.99. The summed E-state index contributed by atoms with van der Waals surface area (Å²) in [5.74, 6) is 2.04. The third-order valence-corrected chi connectivity index (χ3v) is 4.51. The molecule has 1 amide bonds. The summed E-state index contributed by atoms with van der Waals surface area (Å²) in [4.78, 5) is 17.0. The number of nitrogens with zero attached hydrogens (tertiary/aromatic N) is 2. The molecule has 0 aliphatic heterocycles. The summed E-state index contributed by atoms with van der Waals surface area (Å²) < 4.78 is 13.1. The summed E-state index contributed by atoms with van der Waals surface area (Å²) in [5, 5.41) is 2.99. The molecule has 1 atom stereocenters. The van der Waals surface area contributed by atoms with Gasteiger partial charge in [-0.2, -0.15) is 0 Å². The average Bonchev–Trinajstić information content (AvgIpc) is 3.16. The molecule has 1 N–H and O–H groups in total. The second-order valence-electron chi connectivity index (χ2n) is 6.38. The van der Waals surface area contributed by atoms with Crippen LogP contribution >= 0.6 is 0 Å². The van der Waals surface area contributed by atoms with Gasteiger partial charge in [-0.1, -0.05) is 31.2 Å². The second-order valence-corrected chi connectivity index (χ2v) is 6.38. The van der Waals surface area contributed by atoms with Crippen molar-refractivity contribution >= 4 is 5.91 Å². The Morgan fingerprint density at radius 2 is 1.96 bits per heavy atom. The Morgan fingerprint density at radius 1 is 1.18 bits per heavy atom. The number of hydrogen-bond acceptors (Lipinski definition) is 4. The van der Waals surface area contributed by atoms with Crippen LogP contribution in [0.25, 0.3) is 5.69 Å². The highest BCUT2D eigenvalue weighted by Gasteiger charge is 2.19. The number of para-hydroxylation sites is 1. The molecule has 0 saturated carbocycles. The average molecular weight is 379 g/mol. The van der Waals surface area contributed by atoms with Gasteiger partial charge in [0.15, 0.2) is 6.10 Å². The van der Waals surface area contributed by atoms with Gasteiger partial charge in [-0.25, -0.2) is 4.98 Å². The van der Waals surface area contributed by atoms with Crippen LogP contribution in [-0.4, -0.2) is 28.7 Å². The lowest BCUT2D eigenvalue weighted by atomic mass is 10.1. The second kappa shape index (κ2) is 9.08. The van der Waals surface area contributed by atoms with Gasteiger partial charge in [0, 0.05) is 25.0 Å². The van der Waals surface area contributed by atoms with E-state index in [1.165, 1.54) is 0 Å². The van der Waals surface area contributed by atoms with Crippen LogP contribution < -0.4 is 14.8 Å². The number of nitrogens with one attached hydrogen (secondary N) is 1. The molecule has 6 nitrogen and oxygen atoms in total. The molecular formula is C22H25N3O3. The van der Waals surface area contributed by atoms with Crippen LogP contribution in [0.4, 0.5) is 0 Å². The fraction of sp³-hybridized carbons (Fsp3) is 0.273. The zero-order valence-corrected chi connectivity index (χ0v) is 16.4. The third-order valence-electron chi connectivity index (χ3n) is 4.51. The van der Waals surface area contributed by atoms with Crippen molar-refractivity contribution in [1.29, 1.82) is 0 Å². The fourth-order valence-electron chi connectivity index (χ4n) is 2.99. The summed E-state index contributed by atoms with van der Waals surface area (Å²) >= 11 is 0. The SMILES string of the molecule is CCC(Oc1cccc(OC)c1)C(=O)NCc1ccccc1-n1ccnc1C. The molecule has 0 aliphatic carbocycles. The number of carbonyl (C=O) groups is 1. The molecular weight excluding hydrogens is 354 g/mol. The lowest BCUT2D eigenvalue weighted by Crippen LogP contribution is -2.37. The van der Waals surface area contributed by atoms with E-state index in [4.69, 9.17) is 9.47 Å². The summed E-state index contributed by atoms with van der Waals surface area (Å²) in [5.41, 5.74) is 2.01. The summed E-state index contributed by atoms with van der Waals surface area (Å²) in [6, 6.07) is 15.2. The molecule has 0 saturated heterocycles. The smallest absolute Gasteiger partial charge is 0.261 e. The lowest BCUT2D eigenvalue weighted by Gasteiger charge is -2.18. The molecule has 0 bridgehead atoms. The Balaban J connectivity index is 1.68. The first-order valence-corrected chi connectivity index (χ1v) is 9.29. The molecule has 1 heterocycles. The van der Waals surface area contributed by atoms with Crippen molar-refractivity contribution in [2.45, 2.75) is 32.9 Å². The number of ether oxygens (including phenoxy) is 2. The molecule has 146 valence electrons. The van der Waals surface area contributed by atoms with Gasteiger partial charge in [0.05, 0.1) is 12.8 Å². The molecule has 1 unspecified atom stereocenters. The molecule has 0 aliphatic rings. The Kier molecular flexibility index (Phi) is 6.32. The van der Waals surface area contributed by atoms with E-state index in [-0.39, 0.29) is 5.91 Å². The maximum absolute atomic E-state index is 12.7. The normalized spacial score (nSPS) is 11.7. The molecule has 1 aromatic heterocycles. The van der Waals surface area contributed by atoms with Crippen molar-refractivity contribution in [2.24, 2.45) is 0 Å². The van der Waals surface area contributed by atoms with Gasteiger partial charge in [-0.05, 0) is 37.1 Å². The van der Waals surface area contributed by atoms with Crippen molar-refractivity contribution in [2.75, 3.05) is 7.11 Å². The van der Waals surface area contributed by atoms with Gasteiger partial charge in [0.2, 0.25) is 0 Å². The minimum Gasteiger partial charge on any atom is -0.497 e. The topological polar surface area (TPSA) is 65.4 Å². The van der Waals surface area contributed by atoms with Crippen LogP contribution in [-0.2, 0) is 11.3 Å². The zero-order valence-electron chi connectivity index (χ0n) is 16.4. The summed E-state index contributed by atoms with van der Waals surface area (Å²) in [6.07, 6.45) is 3.66. The van der Waals surface area contributed by atoms with Crippen LogP contribution in [0, 0.1) is 6.92 Å². The van der Waals surface area contributed by atoms with Gasteiger partial charge in [0.25, 0.3) is 5.91 Å². The van der Waals surface area contributed by atoms with Crippen molar-refractivity contribution in [3.05, 3.63) is 72.3 Å². The van der Waals surface area contributed by atoms with Gasteiger partial charge in [0.1, 0.15) is 17.3 Å². The van der Waals surface area contributed by atoms with Crippen LogP contribution in [0.1, 0.15) is 24.7 Å². The Morgan fingerprint density at radius 3 is 2.68 bits per heavy atom. The van der Waals surface area contributed by atoms with Crippen molar-refractivity contribution in [1.82, 2.24) is 14.9 Å². The number of aryl methyl sites for hydroxylation is 1. The molecule has 3 rings (SSSR count). The highest BCUT2D eigenvalue weighted by atomic mass is 16.5. The highest BCUT2D eigenvalue weighted by Crippen LogP contribution is 2.21. The maximum Gasteiger partial charge on any atom is 0.261 e. The number of imidazole rings is 1. The molecule has 2 aromatic carbocycles. The van der Waals surface area contributed by atoms with Gasteiger partial charge < -0.3 is 19.4 Å². The first-order chi connectivity index (χ1) is 13.6. The Labute approximate surface area is 165 Å². The molecule has 0 radical (unpaired) electrons. The Hall–Kier alpha value is -3.28. The minimum absolute atomic E-state index is 0.150. The van der Waals surface area contributed by atoms with E-state index in [1.807, 2.05) is 67.1 Å². The van der Waals surface area contributed by atoms with Crippen molar-refractivity contribution in [3.8, 4) is 17.2 Å². The predicted molar refractivity (Wildman–Crippen MR) is 108 cm³/mol. The van der Waals surface area contributed by atoms with E-state index >= 15 is 0 Å². The molecule has 28 heavy (non-hydrogen) atoms. The number of carbonyl (C=O) groups excluding carboxylic acids is 1. The lowest BCUT2D eigenvalue weighted by molar-refractivity contribution is -0.128. The highest BCUT2D eigenvalue weighted by molar-refractivity contribution is 5.81. The number of methoxy groups -OCH3 is 1. The standard InChI is InChI=1S/C22H25N3O3/c1-4-21(28-19-10-7-9-18(14-19)27-3)22(26)24-15-17-8-5-6-11-20(17)25-13-12-23-16(25)2/h5-14,21H,4,15H2,1-3H3,(H,24,26). The largest absolute Gasteiger partial charge is 0.497 e. The summed E-state index contributed by atoms with van der Waals surface area (Å²) in [7, 11) is 1.60. The van der Waals surface area contributed by atoms with Gasteiger partial charge >= 0.3 is 0 Å². The number of amides is 1. The minimum atomic E-state index is -0.575. The quantitative estimate of drug-likeness (QED) is 0.649. The number of aromatic nitrogens is 2. The van der Waals surface area contributed by atoms with Gasteiger partial charge in [-0.15, -0.1) is 0 Å². The van der Waals surface area contributed by atoms with E-state index in [0.29, 0.717) is 24.5 Å². The van der Waals surface area contributed by atoms with E-state index in [0.717, 1.165) is 17.1 Å². The zero-order chi connectivity index (χ0) is 19.9. The van der Waals surface area contributed by atoms with Crippen molar-refractivity contribution in [3.63, 3.8) is 0 Å². The van der Waals surface area contributed by atoms with E-state index < -0.39 is 6.10 Å².